The molecular formula is C16H14ClN3O. The van der Waals surface area contributed by atoms with E-state index in [2.05, 4.69) is 15.3 Å². The van der Waals surface area contributed by atoms with Gasteiger partial charge in [-0.2, -0.15) is 0 Å². The quantitative estimate of drug-likeness (QED) is 0.774. The third-order valence-corrected chi connectivity index (χ3v) is 3.37. The van der Waals surface area contributed by atoms with E-state index < -0.39 is 0 Å². The average Bonchev–Trinajstić information content (AvgIpc) is 2.78. The number of nitrogens with one attached hydrogen (secondary N) is 2. The molecule has 0 aliphatic rings. The lowest BCUT2D eigenvalue weighted by Crippen LogP contribution is -2.14. The Morgan fingerprint density at radius 2 is 2.14 bits per heavy atom. The monoisotopic (exact) mass is 299 g/mol. The van der Waals surface area contributed by atoms with Crippen LogP contribution >= 0.6 is 11.6 Å². The lowest BCUT2D eigenvalue weighted by Gasteiger charge is -2.05. The molecule has 0 saturated heterocycles. The van der Waals surface area contributed by atoms with Crippen LogP contribution in [0.25, 0.3) is 11.0 Å². The summed E-state index contributed by atoms with van der Waals surface area (Å²) in [7, 11) is 0. The van der Waals surface area contributed by atoms with Gasteiger partial charge in [0.05, 0.1) is 17.5 Å². The minimum absolute atomic E-state index is 0.0761. The highest BCUT2D eigenvalue weighted by atomic mass is 35.5. The predicted molar refractivity (Wildman–Crippen MR) is 84.6 cm³/mol. The number of hydrogen-bond donors (Lipinski definition) is 2. The van der Waals surface area contributed by atoms with Crippen LogP contribution in [0.2, 0.25) is 5.02 Å². The molecule has 0 fully saturated rings. The van der Waals surface area contributed by atoms with Gasteiger partial charge in [-0.05, 0) is 42.8 Å². The van der Waals surface area contributed by atoms with Crippen LogP contribution in [0.1, 0.15) is 11.4 Å². The number of carbonyl (C=O) groups is 1. The topological polar surface area (TPSA) is 57.8 Å². The number of imidazole rings is 1. The molecule has 1 aromatic heterocycles. The maximum atomic E-state index is 12.1. The Morgan fingerprint density at radius 1 is 1.29 bits per heavy atom. The van der Waals surface area contributed by atoms with Crippen LogP contribution in [0.15, 0.2) is 42.5 Å². The molecule has 3 aromatic rings. The van der Waals surface area contributed by atoms with E-state index in [1.54, 1.807) is 12.1 Å². The third kappa shape index (κ3) is 3.23. The van der Waals surface area contributed by atoms with Crippen LogP contribution in [0.3, 0.4) is 0 Å². The molecule has 0 saturated carbocycles. The maximum absolute atomic E-state index is 12.1. The number of amides is 1. The van der Waals surface area contributed by atoms with Crippen LogP contribution in [-0.4, -0.2) is 15.9 Å². The Bertz CT molecular complexity index is 810. The van der Waals surface area contributed by atoms with Crippen LogP contribution in [0.4, 0.5) is 5.69 Å². The number of anilines is 1. The Balaban J connectivity index is 1.73. The molecule has 106 valence electrons. The molecule has 0 atom stereocenters. The average molecular weight is 300 g/mol. The van der Waals surface area contributed by atoms with E-state index in [4.69, 9.17) is 11.6 Å². The van der Waals surface area contributed by atoms with Crippen LogP contribution in [0, 0.1) is 6.92 Å². The van der Waals surface area contributed by atoms with E-state index in [-0.39, 0.29) is 5.91 Å². The van der Waals surface area contributed by atoms with E-state index in [1.807, 2.05) is 37.3 Å². The fourth-order valence-electron chi connectivity index (χ4n) is 2.25. The van der Waals surface area contributed by atoms with E-state index in [9.17, 15) is 4.79 Å². The Kier molecular flexibility index (Phi) is 3.62. The second-order valence-electron chi connectivity index (χ2n) is 4.91. The smallest absolute Gasteiger partial charge is 0.228 e. The molecule has 21 heavy (non-hydrogen) atoms. The minimum atomic E-state index is -0.0761. The zero-order valence-corrected chi connectivity index (χ0v) is 12.2. The first kappa shape index (κ1) is 13.6. The number of aromatic amines is 1. The molecule has 1 amide bonds. The van der Waals surface area contributed by atoms with Crippen molar-refractivity contribution in [3.05, 3.63) is 58.9 Å². The third-order valence-electron chi connectivity index (χ3n) is 3.14. The minimum Gasteiger partial charge on any atom is -0.342 e. The molecule has 5 heteroatoms. The van der Waals surface area contributed by atoms with E-state index >= 15 is 0 Å². The van der Waals surface area contributed by atoms with Crippen LogP contribution < -0.4 is 5.32 Å². The number of benzene rings is 2. The van der Waals surface area contributed by atoms with Gasteiger partial charge >= 0.3 is 0 Å². The molecule has 2 aromatic carbocycles. The van der Waals surface area contributed by atoms with Crippen molar-refractivity contribution in [2.75, 3.05) is 5.32 Å². The van der Waals surface area contributed by atoms with Crippen molar-refractivity contribution >= 4 is 34.2 Å². The van der Waals surface area contributed by atoms with Gasteiger partial charge in [-0.3, -0.25) is 4.79 Å². The summed E-state index contributed by atoms with van der Waals surface area (Å²) in [5, 5.41) is 3.52. The number of aryl methyl sites for hydroxylation is 1. The first-order valence-electron chi connectivity index (χ1n) is 6.61. The molecule has 3 rings (SSSR count). The van der Waals surface area contributed by atoms with Crippen molar-refractivity contribution in [1.29, 1.82) is 0 Å². The van der Waals surface area contributed by atoms with Gasteiger partial charge in [0.2, 0.25) is 5.91 Å². The van der Waals surface area contributed by atoms with Gasteiger partial charge in [-0.15, -0.1) is 0 Å². The molecule has 4 nitrogen and oxygen atoms in total. The Morgan fingerprint density at radius 3 is 2.95 bits per heavy atom. The normalized spacial score (nSPS) is 10.8. The van der Waals surface area contributed by atoms with Gasteiger partial charge in [0, 0.05) is 10.7 Å². The number of halogens is 1. The van der Waals surface area contributed by atoms with Crippen LogP contribution in [-0.2, 0) is 11.2 Å². The molecule has 2 N–H and O–H groups in total. The summed E-state index contributed by atoms with van der Waals surface area (Å²) in [6.07, 6.45) is 0.292. The van der Waals surface area contributed by atoms with E-state index in [0.717, 1.165) is 28.1 Å². The highest BCUT2D eigenvalue weighted by Gasteiger charge is 2.06. The van der Waals surface area contributed by atoms with Crippen molar-refractivity contribution in [3.63, 3.8) is 0 Å². The fourth-order valence-corrected chi connectivity index (χ4v) is 2.47. The van der Waals surface area contributed by atoms with E-state index in [0.29, 0.717) is 11.4 Å². The first-order valence-corrected chi connectivity index (χ1v) is 6.98. The number of H-pyrrole nitrogens is 1. The predicted octanol–water partition coefficient (Wildman–Crippen LogP) is 3.71. The summed E-state index contributed by atoms with van der Waals surface area (Å²) in [5.74, 6) is 0.778. The first-order chi connectivity index (χ1) is 10.1. The van der Waals surface area contributed by atoms with Gasteiger partial charge in [-0.1, -0.05) is 23.7 Å². The lowest BCUT2D eigenvalue weighted by atomic mass is 10.1. The lowest BCUT2D eigenvalue weighted by molar-refractivity contribution is -0.115. The standard InChI is InChI=1S/C16H14ClN3O/c1-10-18-14-6-5-13(9-15(14)19-10)20-16(21)8-11-3-2-4-12(17)7-11/h2-7,9H,8H2,1H3,(H,18,19)(H,20,21). The Labute approximate surface area is 127 Å². The molecule has 0 unspecified atom stereocenters. The molecule has 1 heterocycles. The molecule has 0 aliphatic heterocycles. The summed E-state index contributed by atoms with van der Waals surface area (Å²) in [5.41, 5.74) is 3.44. The highest BCUT2D eigenvalue weighted by Crippen LogP contribution is 2.18. The second-order valence-corrected chi connectivity index (χ2v) is 5.35. The molecule has 0 aliphatic carbocycles. The number of fused-ring (bicyclic) bond motifs is 1. The van der Waals surface area contributed by atoms with Crippen molar-refractivity contribution in [1.82, 2.24) is 9.97 Å². The molecule has 0 bridgehead atoms. The second kappa shape index (κ2) is 5.58. The summed E-state index contributed by atoms with van der Waals surface area (Å²) in [6, 6.07) is 12.9. The molecular weight excluding hydrogens is 286 g/mol. The van der Waals surface area contributed by atoms with Crippen molar-refractivity contribution in [2.24, 2.45) is 0 Å². The van der Waals surface area contributed by atoms with Gasteiger partial charge in [-0.25, -0.2) is 4.98 Å². The maximum Gasteiger partial charge on any atom is 0.228 e. The summed E-state index contributed by atoms with van der Waals surface area (Å²) < 4.78 is 0. The fraction of sp³-hybridized carbons (Fsp3) is 0.125. The molecule has 0 radical (unpaired) electrons. The van der Waals surface area contributed by atoms with Gasteiger partial charge in [0.25, 0.3) is 0 Å². The molecule has 0 spiro atoms. The zero-order valence-electron chi connectivity index (χ0n) is 11.5. The summed E-state index contributed by atoms with van der Waals surface area (Å²) in [6.45, 7) is 1.90. The number of rotatable bonds is 3. The largest absolute Gasteiger partial charge is 0.342 e. The van der Waals surface area contributed by atoms with Gasteiger partial charge in [0.15, 0.2) is 0 Å². The Hall–Kier alpha value is -2.33. The van der Waals surface area contributed by atoms with Crippen molar-refractivity contribution in [3.8, 4) is 0 Å². The number of hydrogen-bond acceptors (Lipinski definition) is 2. The number of nitrogens with zero attached hydrogens (tertiary/aromatic N) is 1. The van der Waals surface area contributed by atoms with Crippen LogP contribution in [0.5, 0.6) is 0 Å². The summed E-state index contributed by atoms with van der Waals surface area (Å²) >= 11 is 5.91. The SMILES string of the molecule is Cc1nc2ccc(NC(=O)Cc3cccc(Cl)c3)cc2[nH]1. The number of carbonyl (C=O) groups excluding carboxylic acids is 1. The zero-order chi connectivity index (χ0) is 14.8. The van der Waals surface area contributed by atoms with E-state index in [1.165, 1.54) is 0 Å². The van der Waals surface area contributed by atoms with Gasteiger partial charge < -0.3 is 10.3 Å². The van der Waals surface area contributed by atoms with Gasteiger partial charge in [0.1, 0.15) is 5.82 Å². The number of aromatic nitrogens is 2. The highest BCUT2D eigenvalue weighted by molar-refractivity contribution is 6.30. The van der Waals surface area contributed by atoms with Crippen molar-refractivity contribution in [2.45, 2.75) is 13.3 Å². The summed E-state index contributed by atoms with van der Waals surface area (Å²) in [4.78, 5) is 19.5. The van der Waals surface area contributed by atoms with Crippen molar-refractivity contribution < 1.29 is 4.79 Å².